The van der Waals surface area contributed by atoms with Gasteiger partial charge in [0.2, 0.25) is 11.8 Å². The van der Waals surface area contributed by atoms with Gasteiger partial charge in [-0.15, -0.1) is 0 Å². The lowest BCUT2D eigenvalue weighted by Gasteiger charge is -2.45. The topological polar surface area (TPSA) is 109 Å². The van der Waals surface area contributed by atoms with E-state index in [2.05, 4.69) is 0 Å². The number of benzene rings is 1. The molecule has 9 nitrogen and oxygen atoms in total. The number of halogens is 1. The number of hydrogen-bond donors (Lipinski definition) is 1. The van der Waals surface area contributed by atoms with Crippen LogP contribution >= 0.6 is 11.6 Å². The Kier molecular flexibility index (Phi) is 7.36. The summed E-state index contributed by atoms with van der Waals surface area (Å²) in [5.41, 5.74) is 1.10. The van der Waals surface area contributed by atoms with E-state index in [-0.39, 0.29) is 29.4 Å². The lowest BCUT2D eigenvalue weighted by atomic mass is 9.66. The quantitative estimate of drug-likeness (QED) is 0.510. The maximum absolute atomic E-state index is 14.4. The zero-order valence-electron chi connectivity index (χ0n) is 24.2. The standard InChI is InChI=1S/C32H38ClN3O6/c1-31(30(40)41)12-4-3-7-22(31)29(39)36-15-11-21-23(33)9-10-25(42-18-20-6-5-8-26(37)34(20)2)28(21)24(36)17-35-19-32(13-14-32)16-27(35)38/h5-6,8-10,22,24H,3-4,7,11-19H2,1-2H3,(H,40,41)/t22?,24?,31-/m0/s1. The zero-order chi connectivity index (χ0) is 29.8. The van der Waals surface area contributed by atoms with Gasteiger partial charge in [0.25, 0.3) is 5.56 Å². The van der Waals surface area contributed by atoms with Gasteiger partial charge in [0.15, 0.2) is 0 Å². The first-order valence-electron chi connectivity index (χ1n) is 14.9. The fourth-order valence-corrected chi connectivity index (χ4v) is 7.58. The number of aliphatic carboxylic acids is 1. The monoisotopic (exact) mass is 595 g/mol. The predicted octanol–water partition coefficient (Wildman–Crippen LogP) is 4.34. The van der Waals surface area contributed by atoms with Crippen molar-refractivity contribution in [2.24, 2.45) is 23.8 Å². The Hall–Kier alpha value is -3.33. The molecule has 0 radical (unpaired) electrons. The fourth-order valence-electron chi connectivity index (χ4n) is 7.32. The average molecular weight is 596 g/mol. The van der Waals surface area contributed by atoms with Crippen LogP contribution in [0.4, 0.5) is 0 Å². The number of hydrogen-bond acceptors (Lipinski definition) is 5. The Morgan fingerprint density at radius 3 is 2.62 bits per heavy atom. The molecule has 1 saturated heterocycles. The first-order chi connectivity index (χ1) is 20.0. The maximum atomic E-state index is 14.4. The molecule has 224 valence electrons. The maximum Gasteiger partial charge on any atom is 0.310 e. The van der Waals surface area contributed by atoms with E-state index in [4.69, 9.17) is 16.3 Å². The van der Waals surface area contributed by atoms with Crippen molar-refractivity contribution in [3.8, 4) is 5.75 Å². The number of carboxylic acid groups (broad SMARTS) is 1. The summed E-state index contributed by atoms with van der Waals surface area (Å²) in [5, 5.41) is 10.8. The predicted molar refractivity (Wildman–Crippen MR) is 156 cm³/mol. The lowest BCUT2D eigenvalue weighted by Crippen LogP contribution is -2.52. The number of fused-ring (bicyclic) bond motifs is 1. The minimum Gasteiger partial charge on any atom is -0.487 e. The molecule has 42 heavy (non-hydrogen) atoms. The second kappa shape index (κ2) is 10.7. The molecule has 1 aromatic carbocycles. The smallest absolute Gasteiger partial charge is 0.310 e. The number of carbonyl (C=O) groups excluding carboxylic acids is 2. The summed E-state index contributed by atoms with van der Waals surface area (Å²) in [6.07, 6.45) is 5.65. The number of pyridine rings is 1. The molecule has 0 bridgehead atoms. The highest BCUT2D eigenvalue weighted by Crippen LogP contribution is 2.54. The molecule has 3 heterocycles. The van der Waals surface area contributed by atoms with E-state index in [0.717, 1.165) is 36.8 Å². The normalized spacial score (nSPS) is 26.3. The van der Waals surface area contributed by atoms with Crippen molar-refractivity contribution in [3.05, 3.63) is 62.5 Å². The third-order valence-corrected chi connectivity index (χ3v) is 10.6. The van der Waals surface area contributed by atoms with Crippen LogP contribution < -0.4 is 10.3 Å². The molecule has 2 aliphatic carbocycles. The minimum absolute atomic E-state index is 0.0560. The van der Waals surface area contributed by atoms with Crippen LogP contribution in [0.1, 0.15) is 74.7 Å². The second-order valence-corrected chi connectivity index (χ2v) is 13.3. The summed E-state index contributed by atoms with van der Waals surface area (Å²) in [6, 6.07) is 8.05. The van der Waals surface area contributed by atoms with Gasteiger partial charge in [-0.05, 0) is 68.2 Å². The van der Waals surface area contributed by atoms with Crippen LogP contribution in [0.25, 0.3) is 0 Å². The van der Waals surface area contributed by atoms with Gasteiger partial charge in [-0.1, -0.05) is 30.5 Å². The molecule has 2 unspecified atom stereocenters. The fraction of sp³-hybridized carbons (Fsp3) is 0.562. The SMILES string of the molecule is Cn1c(COc2ccc(Cl)c3c2C(CN2CC4(CC4)CC2=O)N(C(=O)C2CCCC[C@]2(C)C(=O)O)CC3)cccc1=O. The molecule has 1 N–H and O–H groups in total. The molecule has 3 fully saturated rings. The van der Waals surface area contributed by atoms with Crippen molar-refractivity contribution < 1.29 is 24.2 Å². The highest BCUT2D eigenvalue weighted by atomic mass is 35.5. The van der Waals surface area contributed by atoms with Crippen LogP contribution in [0.15, 0.2) is 35.1 Å². The summed E-state index contributed by atoms with van der Waals surface area (Å²) in [4.78, 5) is 55.9. The molecule has 6 rings (SSSR count). The molecule has 1 spiro atoms. The van der Waals surface area contributed by atoms with Gasteiger partial charge < -0.3 is 24.2 Å². The molecule has 2 saturated carbocycles. The van der Waals surface area contributed by atoms with Crippen molar-refractivity contribution in [1.82, 2.24) is 14.4 Å². The Bertz CT molecular complexity index is 1500. The Labute approximate surface area is 250 Å². The number of ether oxygens (including phenoxy) is 1. The van der Waals surface area contributed by atoms with Gasteiger partial charge in [-0.3, -0.25) is 19.2 Å². The van der Waals surface area contributed by atoms with Crippen LogP contribution in [-0.2, 0) is 34.5 Å². The average Bonchev–Trinajstić information content (AvgIpc) is 3.64. The second-order valence-electron chi connectivity index (χ2n) is 12.9. The molecule has 2 aliphatic heterocycles. The molecular formula is C32H38ClN3O6. The van der Waals surface area contributed by atoms with Crippen molar-refractivity contribution in [2.75, 3.05) is 19.6 Å². The summed E-state index contributed by atoms with van der Waals surface area (Å²) in [5.74, 6) is -1.14. The Morgan fingerprint density at radius 2 is 1.90 bits per heavy atom. The summed E-state index contributed by atoms with van der Waals surface area (Å²) in [7, 11) is 1.69. The number of rotatable bonds is 7. The summed E-state index contributed by atoms with van der Waals surface area (Å²) in [6.45, 7) is 3.18. The van der Waals surface area contributed by atoms with Gasteiger partial charge >= 0.3 is 5.97 Å². The first kappa shape index (κ1) is 28.8. The van der Waals surface area contributed by atoms with Crippen LogP contribution in [-0.4, -0.2) is 56.9 Å². The third kappa shape index (κ3) is 4.99. The Balaban J connectivity index is 1.39. The van der Waals surface area contributed by atoms with E-state index in [1.807, 2.05) is 11.0 Å². The summed E-state index contributed by atoms with van der Waals surface area (Å²) < 4.78 is 7.89. The van der Waals surface area contributed by atoms with Crippen LogP contribution in [0, 0.1) is 16.7 Å². The van der Waals surface area contributed by atoms with Crippen molar-refractivity contribution in [3.63, 3.8) is 0 Å². The molecule has 2 amide bonds. The molecular weight excluding hydrogens is 558 g/mol. The molecule has 2 aromatic rings. The van der Waals surface area contributed by atoms with E-state index in [1.165, 1.54) is 10.6 Å². The lowest BCUT2D eigenvalue weighted by molar-refractivity contribution is -0.162. The number of likely N-dealkylation sites (tertiary alicyclic amines) is 1. The number of carboxylic acids is 1. The van der Waals surface area contributed by atoms with Gasteiger partial charge in [-0.2, -0.15) is 0 Å². The van der Waals surface area contributed by atoms with Crippen molar-refractivity contribution >= 4 is 29.4 Å². The van der Waals surface area contributed by atoms with Crippen LogP contribution in [0.3, 0.4) is 0 Å². The van der Waals surface area contributed by atoms with E-state index < -0.39 is 23.3 Å². The van der Waals surface area contributed by atoms with Gasteiger partial charge in [0, 0.05) is 49.8 Å². The van der Waals surface area contributed by atoms with E-state index in [0.29, 0.717) is 61.8 Å². The van der Waals surface area contributed by atoms with Crippen molar-refractivity contribution in [1.29, 1.82) is 0 Å². The number of amides is 2. The van der Waals surface area contributed by atoms with Gasteiger partial charge in [-0.25, -0.2) is 0 Å². The van der Waals surface area contributed by atoms with Gasteiger partial charge in [0.1, 0.15) is 12.4 Å². The van der Waals surface area contributed by atoms with E-state index >= 15 is 0 Å². The minimum atomic E-state index is -1.15. The number of carbonyl (C=O) groups is 3. The highest BCUT2D eigenvalue weighted by Gasteiger charge is 2.53. The molecule has 4 aliphatic rings. The number of aromatic nitrogens is 1. The highest BCUT2D eigenvalue weighted by molar-refractivity contribution is 6.31. The van der Waals surface area contributed by atoms with Crippen molar-refractivity contribution in [2.45, 2.75) is 70.9 Å². The zero-order valence-corrected chi connectivity index (χ0v) is 25.0. The van der Waals surface area contributed by atoms with Gasteiger partial charge in [0.05, 0.1) is 23.1 Å². The molecule has 3 atom stereocenters. The van der Waals surface area contributed by atoms with E-state index in [9.17, 15) is 24.3 Å². The van der Waals surface area contributed by atoms with Crippen LogP contribution in [0.2, 0.25) is 5.02 Å². The summed E-state index contributed by atoms with van der Waals surface area (Å²) >= 11 is 6.74. The van der Waals surface area contributed by atoms with E-state index in [1.54, 1.807) is 37.1 Å². The Morgan fingerprint density at radius 1 is 1.12 bits per heavy atom. The third-order valence-electron chi connectivity index (χ3n) is 10.3. The number of nitrogens with zero attached hydrogens (tertiary/aromatic N) is 3. The molecule has 1 aromatic heterocycles. The molecule has 10 heteroatoms. The van der Waals surface area contributed by atoms with Crippen LogP contribution in [0.5, 0.6) is 5.75 Å². The largest absolute Gasteiger partial charge is 0.487 e. The first-order valence-corrected chi connectivity index (χ1v) is 15.3.